The van der Waals surface area contributed by atoms with Crippen molar-refractivity contribution >= 4 is 61.7 Å². The zero-order valence-corrected chi connectivity index (χ0v) is 22.1. The molecule has 3 aromatic rings. The molecule has 0 aliphatic carbocycles. The number of alkyl carbamates (subject to hydrolysis) is 1. The van der Waals surface area contributed by atoms with E-state index in [1.165, 1.54) is 0 Å². The molecule has 7 nitrogen and oxygen atoms in total. The SMILES string of the molecule is C[C@@H](CC(OC(F)F)c1oc2c(NCc3cccs3)cc(Cl)nc2c1Br)NC(=O)OC(C)(C)C. The molecule has 0 radical (unpaired) electrons. The number of rotatable bonds is 9. The lowest BCUT2D eigenvalue weighted by molar-refractivity contribution is -0.172. The number of pyridine rings is 1. The van der Waals surface area contributed by atoms with Gasteiger partial charge in [0.25, 0.3) is 0 Å². The van der Waals surface area contributed by atoms with Crippen LogP contribution >= 0.6 is 38.9 Å². The molecule has 0 aromatic carbocycles. The van der Waals surface area contributed by atoms with Gasteiger partial charge < -0.3 is 24.5 Å². The molecule has 0 saturated heterocycles. The van der Waals surface area contributed by atoms with Crippen molar-refractivity contribution in [2.24, 2.45) is 0 Å². The Labute approximate surface area is 213 Å². The van der Waals surface area contributed by atoms with E-state index < -0.39 is 30.5 Å². The lowest BCUT2D eigenvalue weighted by Crippen LogP contribution is -2.38. The first kappa shape index (κ1) is 26.7. The topological polar surface area (TPSA) is 85.6 Å². The fourth-order valence-corrected chi connectivity index (χ4v) is 4.64. The highest BCUT2D eigenvalue weighted by molar-refractivity contribution is 9.10. The van der Waals surface area contributed by atoms with Gasteiger partial charge in [-0.15, -0.1) is 11.3 Å². The Balaban J connectivity index is 1.87. The van der Waals surface area contributed by atoms with Crippen LogP contribution in [-0.2, 0) is 16.0 Å². The molecular formula is C22H25BrClF2N3O4S. The van der Waals surface area contributed by atoms with Crippen LogP contribution in [0.5, 0.6) is 0 Å². The Morgan fingerprint density at radius 3 is 2.74 bits per heavy atom. The Hall–Kier alpha value is -1.95. The van der Waals surface area contributed by atoms with Gasteiger partial charge in [0.2, 0.25) is 0 Å². The van der Waals surface area contributed by atoms with E-state index in [0.717, 1.165) is 4.88 Å². The second kappa shape index (κ2) is 11.2. The van der Waals surface area contributed by atoms with Crippen LogP contribution in [0.15, 0.2) is 32.5 Å². The summed E-state index contributed by atoms with van der Waals surface area (Å²) in [6.07, 6.45) is -1.85. The third-order valence-electron chi connectivity index (χ3n) is 4.50. The number of alkyl halides is 2. The fourth-order valence-electron chi connectivity index (χ4n) is 3.20. The molecule has 3 heterocycles. The maximum atomic E-state index is 13.3. The normalized spacial score (nSPS) is 13.8. The van der Waals surface area contributed by atoms with Gasteiger partial charge in [0.1, 0.15) is 28.1 Å². The van der Waals surface area contributed by atoms with Gasteiger partial charge in [-0.25, -0.2) is 9.78 Å². The van der Waals surface area contributed by atoms with Crippen molar-refractivity contribution in [1.82, 2.24) is 10.3 Å². The summed E-state index contributed by atoms with van der Waals surface area (Å²) >= 11 is 11.2. The molecule has 12 heteroatoms. The van der Waals surface area contributed by atoms with Crippen LogP contribution < -0.4 is 10.6 Å². The van der Waals surface area contributed by atoms with Crippen LogP contribution in [0.3, 0.4) is 0 Å². The van der Waals surface area contributed by atoms with E-state index in [1.807, 2.05) is 17.5 Å². The van der Waals surface area contributed by atoms with E-state index in [9.17, 15) is 13.6 Å². The van der Waals surface area contributed by atoms with E-state index >= 15 is 0 Å². The molecule has 1 unspecified atom stereocenters. The van der Waals surface area contributed by atoms with Crippen LogP contribution in [0.2, 0.25) is 5.15 Å². The lowest BCUT2D eigenvalue weighted by atomic mass is 10.1. The van der Waals surface area contributed by atoms with Gasteiger partial charge in [0, 0.05) is 30.0 Å². The highest BCUT2D eigenvalue weighted by Gasteiger charge is 2.30. The number of anilines is 1. The standard InChI is InChI=1S/C22H25BrClF2N3O4S/c1-11(28-21(30)33-22(2,3)4)8-14(31-20(25)26)19-16(23)17-18(32-19)13(9-15(24)29-17)27-10-12-6-5-7-34-12/h5-7,9,11,14,20H,8,10H2,1-4H3,(H,27,29)(H,28,30)/t11-,14?/m0/s1. The van der Waals surface area contributed by atoms with E-state index in [1.54, 1.807) is 45.1 Å². The maximum Gasteiger partial charge on any atom is 0.407 e. The molecule has 0 aliphatic heterocycles. The van der Waals surface area contributed by atoms with E-state index in [0.29, 0.717) is 27.8 Å². The number of amides is 1. The number of nitrogens with one attached hydrogen (secondary N) is 2. The van der Waals surface area contributed by atoms with Gasteiger partial charge in [-0.3, -0.25) is 0 Å². The molecule has 3 aromatic heterocycles. The Morgan fingerprint density at radius 2 is 2.12 bits per heavy atom. The van der Waals surface area contributed by atoms with Crippen LogP contribution in [0.1, 0.15) is 50.9 Å². The minimum absolute atomic E-state index is 0.00626. The number of ether oxygens (including phenoxy) is 2. The average Bonchev–Trinajstić information content (AvgIpc) is 3.32. The minimum atomic E-state index is -3.06. The van der Waals surface area contributed by atoms with E-state index in [-0.39, 0.29) is 17.3 Å². The first-order valence-electron chi connectivity index (χ1n) is 10.4. The summed E-state index contributed by atoms with van der Waals surface area (Å²) in [7, 11) is 0. The molecule has 0 aliphatic rings. The van der Waals surface area contributed by atoms with Crippen molar-refractivity contribution in [3.8, 4) is 0 Å². The molecule has 2 atom stereocenters. The van der Waals surface area contributed by atoms with Crippen molar-refractivity contribution in [2.45, 2.75) is 65.0 Å². The van der Waals surface area contributed by atoms with E-state index in [2.05, 4.69) is 31.5 Å². The highest BCUT2D eigenvalue weighted by atomic mass is 79.9. The summed E-state index contributed by atoms with van der Waals surface area (Å²) in [6, 6.07) is 4.96. The van der Waals surface area contributed by atoms with Crippen molar-refractivity contribution in [3.63, 3.8) is 0 Å². The van der Waals surface area contributed by atoms with Gasteiger partial charge in [0.15, 0.2) is 5.58 Å². The second-order valence-corrected chi connectivity index (χ2v) is 10.8. The molecule has 2 N–H and O–H groups in total. The largest absolute Gasteiger partial charge is 0.453 e. The summed E-state index contributed by atoms with van der Waals surface area (Å²) in [6.45, 7) is 4.31. The number of hydrogen-bond acceptors (Lipinski definition) is 7. The molecule has 3 rings (SSSR count). The molecule has 0 spiro atoms. The molecule has 34 heavy (non-hydrogen) atoms. The third kappa shape index (κ3) is 7.27. The van der Waals surface area contributed by atoms with Crippen molar-refractivity contribution in [2.75, 3.05) is 5.32 Å². The number of hydrogen-bond donors (Lipinski definition) is 2. The number of aromatic nitrogens is 1. The number of fused-ring (bicyclic) bond motifs is 1. The van der Waals surface area contributed by atoms with Crippen molar-refractivity contribution in [1.29, 1.82) is 0 Å². The first-order chi connectivity index (χ1) is 15.9. The van der Waals surface area contributed by atoms with Gasteiger partial charge in [-0.2, -0.15) is 8.78 Å². The van der Waals surface area contributed by atoms with Crippen molar-refractivity contribution in [3.05, 3.63) is 43.8 Å². The summed E-state index contributed by atoms with van der Waals surface area (Å²) < 4.78 is 43.0. The van der Waals surface area contributed by atoms with E-state index in [4.69, 9.17) is 25.5 Å². The molecule has 0 bridgehead atoms. The molecular weight excluding hydrogens is 556 g/mol. The van der Waals surface area contributed by atoms with Crippen LogP contribution in [0.4, 0.5) is 19.3 Å². The number of carbonyl (C=O) groups excluding carboxylic acids is 1. The maximum absolute atomic E-state index is 13.3. The fraction of sp³-hybridized carbons (Fsp3) is 0.455. The van der Waals surface area contributed by atoms with Gasteiger partial charge >= 0.3 is 12.7 Å². The summed E-state index contributed by atoms with van der Waals surface area (Å²) in [5, 5.41) is 8.05. The zero-order valence-electron chi connectivity index (χ0n) is 19.0. The summed E-state index contributed by atoms with van der Waals surface area (Å²) in [5.74, 6) is 0.113. The zero-order chi connectivity index (χ0) is 25.0. The molecule has 1 amide bonds. The van der Waals surface area contributed by atoms with Gasteiger partial charge in [0.05, 0.1) is 10.2 Å². The predicted octanol–water partition coefficient (Wildman–Crippen LogP) is 7.50. The van der Waals surface area contributed by atoms with Gasteiger partial charge in [-0.1, -0.05) is 17.7 Å². The number of nitrogens with zero attached hydrogens (tertiary/aromatic N) is 1. The highest BCUT2D eigenvalue weighted by Crippen LogP contribution is 2.41. The summed E-state index contributed by atoms with van der Waals surface area (Å²) in [4.78, 5) is 17.5. The van der Waals surface area contributed by atoms with Gasteiger partial charge in [-0.05, 0) is 55.1 Å². The second-order valence-electron chi connectivity index (χ2n) is 8.55. The number of thiophene rings is 1. The van der Waals surface area contributed by atoms with Crippen LogP contribution in [0, 0.1) is 0 Å². The molecule has 0 saturated carbocycles. The quantitative estimate of drug-likeness (QED) is 0.255. The Kier molecular flexibility index (Phi) is 8.77. The average molecular weight is 581 g/mol. The smallest absolute Gasteiger partial charge is 0.407 e. The van der Waals surface area contributed by atoms with Crippen molar-refractivity contribution < 1.29 is 27.5 Å². The van der Waals surface area contributed by atoms with Crippen LogP contribution in [0.25, 0.3) is 11.1 Å². The first-order valence-corrected chi connectivity index (χ1v) is 12.5. The predicted molar refractivity (Wildman–Crippen MR) is 132 cm³/mol. The minimum Gasteiger partial charge on any atom is -0.453 e. The number of furan rings is 1. The number of carbonyl (C=O) groups is 1. The monoisotopic (exact) mass is 579 g/mol. The lowest BCUT2D eigenvalue weighted by Gasteiger charge is -2.24. The molecule has 0 fully saturated rings. The Morgan fingerprint density at radius 1 is 1.38 bits per heavy atom. The molecule has 186 valence electrons. The number of halogens is 4. The summed E-state index contributed by atoms with van der Waals surface area (Å²) in [5.41, 5.74) is 0.582. The van der Waals surface area contributed by atoms with Crippen LogP contribution in [-0.4, -0.2) is 29.3 Å². The Bertz CT molecular complexity index is 1120. The third-order valence-corrected chi connectivity index (χ3v) is 6.34.